The molecule has 0 unspecified atom stereocenters. The molecule has 1 aliphatic heterocycles. The molecule has 1 aromatic rings. The van der Waals surface area contributed by atoms with Crippen LogP contribution in [0.2, 0.25) is 0 Å². The van der Waals surface area contributed by atoms with Crippen LogP contribution >= 0.6 is 0 Å². The predicted octanol–water partition coefficient (Wildman–Crippen LogP) is -0.299. The van der Waals surface area contributed by atoms with Gasteiger partial charge in [0.2, 0.25) is 0 Å². The van der Waals surface area contributed by atoms with E-state index in [-0.39, 0.29) is 5.75 Å². The lowest BCUT2D eigenvalue weighted by Gasteiger charge is -2.39. The lowest BCUT2D eigenvalue weighted by Crippen LogP contribution is -2.53. The van der Waals surface area contributed by atoms with E-state index >= 15 is 0 Å². The highest BCUT2D eigenvalue weighted by Crippen LogP contribution is 2.38. The van der Waals surface area contributed by atoms with Crippen molar-refractivity contribution in [2.24, 2.45) is 0 Å². The fourth-order valence-corrected chi connectivity index (χ4v) is 2.48. The molecular weight excluding hydrogens is 308 g/mol. The van der Waals surface area contributed by atoms with E-state index in [1.807, 2.05) is 0 Å². The van der Waals surface area contributed by atoms with Crippen LogP contribution in [0.4, 0.5) is 0 Å². The maximum Gasteiger partial charge on any atom is 0.341 e. The van der Waals surface area contributed by atoms with E-state index in [1.54, 1.807) is 13.0 Å². The molecule has 1 aromatic carbocycles. The number of methoxy groups -OCH3 is 1. The Balaban J connectivity index is 2.32. The molecule has 4 N–H and O–H groups in total. The van der Waals surface area contributed by atoms with Gasteiger partial charge in [0.1, 0.15) is 35.9 Å². The van der Waals surface area contributed by atoms with Crippen molar-refractivity contribution in [1.82, 2.24) is 0 Å². The van der Waals surface area contributed by atoms with Gasteiger partial charge in [-0.25, -0.2) is 4.79 Å². The molecule has 0 aromatic heterocycles. The normalized spacial score (nSPS) is 30.7. The maximum atomic E-state index is 10.6. The van der Waals surface area contributed by atoms with Crippen LogP contribution in [0.15, 0.2) is 18.2 Å². The van der Waals surface area contributed by atoms with Crippen LogP contribution in [0.25, 0.3) is 0 Å². The van der Waals surface area contributed by atoms with Crippen LogP contribution < -0.4 is 9.47 Å². The van der Waals surface area contributed by atoms with Crippen molar-refractivity contribution in [3.63, 3.8) is 0 Å². The van der Waals surface area contributed by atoms with E-state index in [9.17, 15) is 20.1 Å². The van der Waals surface area contributed by atoms with E-state index in [0.717, 1.165) is 0 Å². The molecule has 0 spiro atoms. The molecule has 0 bridgehead atoms. The third-order valence-corrected chi connectivity index (χ3v) is 3.72. The number of rotatable bonds is 5. The summed E-state index contributed by atoms with van der Waals surface area (Å²) in [6.45, 7) is 1.06. The first-order chi connectivity index (χ1) is 10.8. The molecule has 5 atom stereocenters. The molecule has 1 fully saturated rings. The molecule has 23 heavy (non-hydrogen) atoms. The number of hydrogen-bond donors (Lipinski definition) is 4. The van der Waals surface area contributed by atoms with Gasteiger partial charge in [0.15, 0.2) is 6.61 Å². The van der Waals surface area contributed by atoms with E-state index in [2.05, 4.69) is 0 Å². The number of aliphatic carboxylic acids is 1. The molecule has 0 amide bonds. The van der Waals surface area contributed by atoms with Crippen molar-refractivity contribution in [2.45, 2.75) is 37.4 Å². The number of benzene rings is 1. The Morgan fingerprint density at radius 3 is 2.52 bits per heavy atom. The maximum absolute atomic E-state index is 10.6. The van der Waals surface area contributed by atoms with Crippen molar-refractivity contribution in [3.05, 3.63) is 23.8 Å². The average Bonchev–Trinajstić information content (AvgIpc) is 2.54. The summed E-state index contributed by atoms with van der Waals surface area (Å²) in [7, 11) is 1.43. The van der Waals surface area contributed by atoms with Gasteiger partial charge in [0, 0.05) is 5.56 Å². The third-order valence-electron chi connectivity index (χ3n) is 3.72. The molecule has 0 radical (unpaired) electrons. The largest absolute Gasteiger partial charge is 0.496 e. The zero-order valence-corrected chi connectivity index (χ0v) is 12.7. The number of aliphatic hydroxyl groups excluding tert-OH is 3. The summed E-state index contributed by atoms with van der Waals surface area (Å²) in [5, 5.41) is 38.5. The third kappa shape index (κ3) is 3.73. The zero-order chi connectivity index (χ0) is 17.1. The summed E-state index contributed by atoms with van der Waals surface area (Å²) in [6.07, 6.45) is -5.61. The van der Waals surface area contributed by atoms with Gasteiger partial charge in [0.25, 0.3) is 0 Å². The Bertz CT molecular complexity index is 560. The van der Waals surface area contributed by atoms with Crippen LogP contribution in [0, 0.1) is 0 Å². The van der Waals surface area contributed by atoms with Crippen molar-refractivity contribution < 1.29 is 39.4 Å². The first kappa shape index (κ1) is 17.5. The Kier molecular flexibility index (Phi) is 5.42. The summed E-state index contributed by atoms with van der Waals surface area (Å²) in [6, 6.07) is 4.55. The highest BCUT2D eigenvalue weighted by molar-refractivity contribution is 5.68. The van der Waals surface area contributed by atoms with Gasteiger partial charge in [-0.05, 0) is 25.1 Å². The van der Waals surface area contributed by atoms with Gasteiger partial charge in [0.05, 0.1) is 13.2 Å². The number of hydrogen-bond acceptors (Lipinski definition) is 7. The lowest BCUT2D eigenvalue weighted by atomic mass is 9.91. The predicted molar refractivity (Wildman–Crippen MR) is 77.4 cm³/mol. The van der Waals surface area contributed by atoms with Crippen LogP contribution in [0.1, 0.15) is 18.6 Å². The summed E-state index contributed by atoms with van der Waals surface area (Å²) in [5.41, 5.74) is 0.390. The van der Waals surface area contributed by atoms with Gasteiger partial charge in [-0.1, -0.05) is 0 Å². The smallest absolute Gasteiger partial charge is 0.341 e. The minimum atomic E-state index is -1.38. The number of carboxylic acids is 1. The van der Waals surface area contributed by atoms with E-state index in [1.165, 1.54) is 19.2 Å². The Morgan fingerprint density at radius 1 is 1.22 bits per heavy atom. The molecule has 1 aliphatic rings. The van der Waals surface area contributed by atoms with Crippen LogP contribution in [0.5, 0.6) is 11.5 Å². The van der Waals surface area contributed by atoms with Crippen molar-refractivity contribution in [2.75, 3.05) is 13.7 Å². The second-order valence-corrected chi connectivity index (χ2v) is 5.32. The monoisotopic (exact) mass is 328 g/mol. The number of carboxylic acid groups (broad SMARTS) is 1. The Morgan fingerprint density at radius 2 is 1.91 bits per heavy atom. The molecule has 128 valence electrons. The van der Waals surface area contributed by atoms with Crippen LogP contribution in [-0.2, 0) is 9.53 Å². The Hall–Kier alpha value is -1.87. The van der Waals surface area contributed by atoms with Gasteiger partial charge in [-0.3, -0.25) is 0 Å². The molecule has 2 rings (SSSR count). The van der Waals surface area contributed by atoms with E-state index in [0.29, 0.717) is 11.3 Å². The second-order valence-electron chi connectivity index (χ2n) is 5.32. The zero-order valence-electron chi connectivity index (χ0n) is 12.7. The first-order valence-corrected chi connectivity index (χ1v) is 7.07. The molecule has 1 saturated heterocycles. The number of carbonyl (C=O) groups is 1. The minimum Gasteiger partial charge on any atom is -0.496 e. The topological polar surface area (TPSA) is 126 Å². The van der Waals surface area contributed by atoms with Gasteiger partial charge in [-0.15, -0.1) is 0 Å². The van der Waals surface area contributed by atoms with Gasteiger partial charge < -0.3 is 34.6 Å². The summed E-state index contributed by atoms with van der Waals surface area (Å²) < 4.78 is 15.9. The highest BCUT2D eigenvalue weighted by Gasteiger charge is 2.43. The molecule has 8 nitrogen and oxygen atoms in total. The summed E-state index contributed by atoms with van der Waals surface area (Å²) in [4.78, 5) is 10.6. The fourth-order valence-electron chi connectivity index (χ4n) is 2.48. The van der Waals surface area contributed by atoms with E-state index < -0.39 is 43.1 Å². The minimum absolute atomic E-state index is 0.257. The van der Waals surface area contributed by atoms with Crippen molar-refractivity contribution >= 4 is 5.97 Å². The first-order valence-electron chi connectivity index (χ1n) is 7.07. The van der Waals surface area contributed by atoms with Crippen molar-refractivity contribution in [3.8, 4) is 11.5 Å². The van der Waals surface area contributed by atoms with Gasteiger partial charge in [-0.2, -0.15) is 0 Å². The van der Waals surface area contributed by atoms with Crippen molar-refractivity contribution in [1.29, 1.82) is 0 Å². The number of ether oxygens (including phenoxy) is 3. The molecule has 1 heterocycles. The molecular formula is C15H20O8. The molecule has 0 aliphatic carbocycles. The van der Waals surface area contributed by atoms with Crippen LogP contribution in [0.3, 0.4) is 0 Å². The Labute approximate surface area is 132 Å². The van der Waals surface area contributed by atoms with Crippen LogP contribution in [-0.4, -0.2) is 64.5 Å². The summed E-state index contributed by atoms with van der Waals surface area (Å²) in [5.74, 6) is -0.483. The van der Waals surface area contributed by atoms with E-state index in [4.69, 9.17) is 19.3 Å². The van der Waals surface area contributed by atoms with Gasteiger partial charge >= 0.3 is 5.97 Å². The SMILES string of the molecule is COc1ccc(OCC(=O)O)cc1[C@H]1O[C@@H](C)[C@@H](O)[C@@H](O)[C@@H]1O. The summed E-state index contributed by atoms with van der Waals surface area (Å²) >= 11 is 0. The molecule has 0 saturated carbocycles. The number of aliphatic hydroxyl groups is 3. The lowest BCUT2D eigenvalue weighted by molar-refractivity contribution is -0.219. The fraction of sp³-hybridized carbons (Fsp3) is 0.533. The molecule has 8 heteroatoms. The standard InChI is InChI=1S/C15H20O8/c1-7-12(18)13(19)14(20)15(23-7)9-5-8(22-6-11(16)17)3-4-10(9)21-2/h3-5,7,12-15,18-20H,6H2,1-2H3,(H,16,17)/t7-,12+,13+,14-,15+/m0/s1. The second kappa shape index (κ2) is 7.14. The quantitative estimate of drug-likeness (QED) is 0.580. The average molecular weight is 328 g/mol. The highest BCUT2D eigenvalue weighted by atomic mass is 16.5.